The van der Waals surface area contributed by atoms with Gasteiger partial charge < -0.3 is 62.0 Å². The average Bonchev–Trinajstić information content (AvgIpc) is 3.03. The van der Waals surface area contributed by atoms with E-state index in [-0.39, 0.29) is 0 Å². The van der Waals surface area contributed by atoms with Crippen molar-refractivity contribution in [3.8, 4) is 5.75 Å². The SMILES string of the molecule is CN(C)[C@@H](CCOc1cccc2ccccc12)c1ccccc1.NCCCCC(N)C(=O)O.NCCCCC(N)C(=O)O.O=P([O-])([O-])O. The van der Waals surface area contributed by atoms with Gasteiger partial charge in [-0.2, -0.15) is 0 Å². The molecule has 0 fully saturated rings. The monoisotopic (exact) mass is 693 g/mol. The molecule has 0 aromatic heterocycles. The molecular weight excluding hydrogens is 641 g/mol. The Morgan fingerprint density at radius 2 is 1.23 bits per heavy atom. The van der Waals surface area contributed by atoms with Crippen molar-refractivity contribution in [2.45, 2.75) is 63.1 Å². The van der Waals surface area contributed by atoms with Crippen LogP contribution in [-0.2, 0) is 14.2 Å². The molecule has 0 amide bonds. The van der Waals surface area contributed by atoms with E-state index in [1.54, 1.807) is 0 Å². The molecule has 11 N–H and O–H groups in total. The molecule has 3 rings (SSSR count). The molecule has 0 aliphatic heterocycles. The van der Waals surface area contributed by atoms with Crippen LogP contribution in [0.25, 0.3) is 10.8 Å². The molecule has 270 valence electrons. The Kier molecular flexibility index (Phi) is 23.7. The first-order valence-corrected chi connectivity index (χ1v) is 17.1. The van der Waals surface area contributed by atoms with Crippen LogP contribution in [0.2, 0.25) is 0 Å². The molecule has 0 bridgehead atoms. The lowest BCUT2D eigenvalue weighted by Gasteiger charge is -2.25. The van der Waals surface area contributed by atoms with Gasteiger partial charge in [-0.15, -0.1) is 0 Å². The lowest BCUT2D eigenvalue weighted by molar-refractivity contribution is -0.337. The molecule has 0 saturated carbocycles. The summed E-state index contributed by atoms with van der Waals surface area (Å²) in [7, 11) is -0.898. The fourth-order valence-electron chi connectivity index (χ4n) is 4.26. The van der Waals surface area contributed by atoms with E-state index < -0.39 is 31.8 Å². The first-order chi connectivity index (χ1) is 22.6. The van der Waals surface area contributed by atoms with E-state index >= 15 is 0 Å². The van der Waals surface area contributed by atoms with Crippen LogP contribution in [0, 0.1) is 0 Å². The van der Waals surface area contributed by atoms with Gasteiger partial charge in [-0.3, -0.25) is 9.59 Å². The minimum absolute atomic E-state index is 0.367. The maximum atomic E-state index is 10.1. The number of aliphatic carboxylic acids is 2. The molecule has 3 aromatic carbocycles. The van der Waals surface area contributed by atoms with Crippen molar-refractivity contribution >= 4 is 30.5 Å². The van der Waals surface area contributed by atoms with Crippen LogP contribution >= 0.6 is 7.82 Å². The van der Waals surface area contributed by atoms with Crippen LogP contribution < -0.4 is 37.5 Å². The second-order valence-corrected chi connectivity index (χ2v) is 11.9. The van der Waals surface area contributed by atoms with Gasteiger partial charge in [0, 0.05) is 17.8 Å². The highest BCUT2D eigenvalue weighted by molar-refractivity contribution is 7.42. The summed E-state index contributed by atoms with van der Waals surface area (Å²) in [5, 5.41) is 19.0. The van der Waals surface area contributed by atoms with Crippen LogP contribution in [-0.4, -0.2) is 77.8 Å². The average molecular weight is 694 g/mol. The Bertz CT molecular complexity index is 1310. The normalized spacial score (nSPS) is 12.6. The number of phosphoric acid groups is 1. The number of nitrogens with two attached hydrogens (primary N) is 4. The van der Waals surface area contributed by atoms with Gasteiger partial charge in [0.2, 0.25) is 0 Å². The number of hydrogen-bond acceptors (Lipinski definition) is 11. The summed E-state index contributed by atoms with van der Waals surface area (Å²) < 4.78 is 14.8. The molecule has 0 aliphatic rings. The van der Waals surface area contributed by atoms with Crippen molar-refractivity contribution in [3.63, 3.8) is 0 Å². The summed E-state index contributed by atoms with van der Waals surface area (Å²) in [4.78, 5) is 46.8. The molecule has 14 nitrogen and oxygen atoms in total. The molecule has 0 aliphatic carbocycles. The predicted octanol–water partition coefficient (Wildman–Crippen LogP) is 1.77. The summed E-state index contributed by atoms with van der Waals surface area (Å²) in [6.45, 7) is 1.91. The van der Waals surface area contributed by atoms with Gasteiger partial charge in [0.05, 0.1) is 14.4 Å². The number of benzene rings is 3. The second kappa shape index (κ2) is 25.6. The zero-order valence-electron chi connectivity index (χ0n) is 27.7. The molecule has 0 heterocycles. The van der Waals surface area contributed by atoms with Crippen molar-refractivity contribution in [3.05, 3.63) is 78.4 Å². The van der Waals surface area contributed by atoms with Crippen LogP contribution in [0.5, 0.6) is 5.75 Å². The smallest absolute Gasteiger partial charge is 0.320 e. The summed E-state index contributed by atoms with van der Waals surface area (Å²) in [6, 6.07) is 24.1. The third-order valence-corrected chi connectivity index (χ3v) is 6.78. The van der Waals surface area contributed by atoms with Crippen molar-refractivity contribution < 1.29 is 43.8 Å². The van der Waals surface area contributed by atoms with Gasteiger partial charge in [-0.25, -0.2) is 0 Å². The van der Waals surface area contributed by atoms with Gasteiger partial charge in [0.1, 0.15) is 17.8 Å². The van der Waals surface area contributed by atoms with E-state index in [2.05, 4.69) is 91.8 Å². The molecule has 0 radical (unpaired) electrons. The molecule has 0 spiro atoms. The molecule has 15 heteroatoms. The standard InChI is InChI=1S/C21H23NO.2C6H14N2O2.H3O4P/c1-22(2)20(18-10-4-3-5-11-18)15-16-23-21-14-8-12-17-9-6-7-13-19(17)21;2*7-4-2-1-3-5(8)6(9)10;1-5(2,3)4/h3-14,20H,15-16H2,1-2H3;2*5H,1-4,7-8H2,(H,9,10);(H3,1,2,3,4)/p-2/t20-;;;/m0.../s1. The number of ether oxygens (including phenoxy) is 1. The van der Waals surface area contributed by atoms with Crippen molar-refractivity contribution in [2.24, 2.45) is 22.9 Å². The van der Waals surface area contributed by atoms with Gasteiger partial charge in [-0.1, -0.05) is 79.6 Å². The first-order valence-electron chi connectivity index (χ1n) is 15.6. The van der Waals surface area contributed by atoms with Crippen LogP contribution in [0.15, 0.2) is 72.8 Å². The van der Waals surface area contributed by atoms with Gasteiger partial charge in [0.15, 0.2) is 0 Å². The Morgan fingerprint density at radius 1 is 0.771 bits per heavy atom. The maximum Gasteiger partial charge on any atom is 0.320 e. The number of carboxylic acid groups (broad SMARTS) is 2. The lowest BCUT2D eigenvalue weighted by atomic mass is 10.0. The number of rotatable bonds is 16. The Balaban J connectivity index is 0.000000736. The van der Waals surface area contributed by atoms with E-state index in [1.165, 1.54) is 16.3 Å². The minimum Gasteiger partial charge on any atom is -0.790 e. The highest BCUT2D eigenvalue weighted by Gasteiger charge is 2.14. The Hall–Kier alpha value is -3.43. The number of carbonyl (C=O) groups is 2. The van der Waals surface area contributed by atoms with Crippen molar-refractivity contribution in [1.82, 2.24) is 4.90 Å². The van der Waals surface area contributed by atoms with E-state index in [0.717, 1.165) is 37.9 Å². The van der Waals surface area contributed by atoms with E-state index in [4.69, 9.17) is 57.1 Å². The molecule has 48 heavy (non-hydrogen) atoms. The van der Waals surface area contributed by atoms with Gasteiger partial charge in [-0.05, 0) is 69.9 Å². The summed E-state index contributed by atoms with van der Waals surface area (Å²) in [5.74, 6) is -0.900. The lowest BCUT2D eigenvalue weighted by Crippen LogP contribution is -2.29. The summed E-state index contributed by atoms with van der Waals surface area (Å²) >= 11 is 0. The van der Waals surface area contributed by atoms with Crippen LogP contribution in [0.1, 0.15) is 56.6 Å². The molecule has 3 aromatic rings. The minimum atomic E-state index is -5.14. The molecule has 0 saturated heterocycles. The quantitative estimate of drug-likeness (QED) is 0.0832. The summed E-state index contributed by atoms with van der Waals surface area (Å²) in [6.07, 6.45) is 5.29. The molecule has 3 atom stereocenters. The molecule has 2 unspecified atom stereocenters. The third-order valence-electron chi connectivity index (χ3n) is 6.78. The van der Waals surface area contributed by atoms with Crippen LogP contribution in [0.4, 0.5) is 0 Å². The summed E-state index contributed by atoms with van der Waals surface area (Å²) in [5.41, 5.74) is 22.2. The van der Waals surface area contributed by atoms with E-state index in [0.29, 0.717) is 38.6 Å². The van der Waals surface area contributed by atoms with E-state index in [9.17, 15) is 9.59 Å². The van der Waals surface area contributed by atoms with Gasteiger partial charge >= 0.3 is 11.9 Å². The Labute approximate surface area is 282 Å². The van der Waals surface area contributed by atoms with Crippen molar-refractivity contribution in [1.29, 1.82) is 0 Å². The number of carboxylic acids is 2. The number of nitrogens with zero attached hydrogens (tertiary/aromatic N) is 1. The second-order valence-electron chi connectivity index (χ2n) is 10.9. The number of unbranched alkanes of at least 4 members (excludes halogenated alkanes) is 2. The number of fused-ring (bicyclic) bond motifs is 1. The zero-order valence-corrected chi connectivity index (χ0v) is 28.6. The first kappa shape index (κ1) is 44.6. The van der Waals surface area contributed by atoms with E-state index in [1.807, 2.05) is 0 Å². The van der Waals surface area contributed by atoms with Crippen molar-refractivity contribution in [2.75, 3.05) is 33.8 Å². The predicted molar refractivity (Wildman–Crippen MR) is 184 cm³/mol. The highest BCUT2D eigenvalue weighted by Crippen LogP contribution is 2.27. The maximum absolute atomic E-state index is 10.1. The largest absolute Gasteiger partial charge is 0.790 e. The Morgan fingerprint density at radius 3 is 1.69 bits per heavy atom. The highest BCUT2D eigenvalue weighted by atomic mass is 31.2. The van der Waals surface area contributed by atoms with Gasteiger partial charge in [0.25, 0.3) is 0 Å². The fourth-order valence-corrected chi connectivity index (χ4v) is 4.26. The van der Waals surface area contributed by atoms with Crippen LogP contribution in [0.3, 0.4) is 0 Å². The third kappa shape index (κ3) is 22.2. The molecular formula is C33H52N5O9P-2. The number of hydrogen-bond donors (Lipinski definition) is 7. The fraction of sp³-hybridized carbons (Fsp3) is 0.455. The topological polar surface area (TPSA) is 275 Å². The zero-order chi connectivity index (χ0) is 36.5.